The van der Waals surface area contributed by atoms with Gasteiger partial charge in [0.05, 0.1) is 12.1 Å². The van der Waals surface area contributed by atoms with Crippen molar-refractivity contribution in [3.8, 4) is 0 Å². The van der Waals surface area contributed by atoms with Crippen LogP contribution in [0.5, 0.6) is 0 Å². The van der Waals surface area contributed by atoms with E-state index in [0.29, 0.717) is 0 Å². The van der Waals surface area contributed by atoms with E-state index in [9.17, 15) is 5.11 Å². The number of hydrogen-bond donors (Lipinski definition) is 2. The summed E-state index contributed by atoms with van der Waals surface area (Å²) in [5, 5.41) is 9.75. The zero-order valence-corrected chi connectivity index (χ0v) is 8.44. The average Bonchev–Trinajstić information content (AvgIpc) is 2.48. The van der Waals surface area contributed by atoms with Gasteiger partial charge in [-0.2, -0.15) is 0 Å². The van der Waals surface area contributed by atoms with Crippen molar-refractivity contribution in [3.63, 3.8) is 0 Å². The van der Waals surface area contributed by atoms with E-state index in [0.717, 1.165) is 5.69 Å². The van der Waals surface area contributed by atoms with Crippen molar-refractivity contribution in [3.05, 3.63) is 24.0 Å². The summed E-state index contributed by atoms with van der Waals surface area (Å²) in [6, 6.07) is 3.58. The van der Waals surface area contributed by atoms with Crippen LogP contribution in [0.25, 0.3) is 0 Å². The van der Waals surface area contributed by atoms with Crippen molar-refractivity contribution < 1.29 is 5.11 Å². The lowest BCUT2D eigenvalue weighted by molar-refractivity contribution is 0.0955. The van der Waals surface area contributed by atoms with Crippen molar-refractivity contribution in [2.45, 2.75) is 26.0 Å². The van der Waals surface area contributed by atoms with Gasteiger partial charge in [0.25, 0.3) is 0 Å². The van der Waals surface area contributed by atoms with Gasteiger partial charge in [-0.3, -0.25) is 0 Å². The molecule has 0 aliphatic rings. The summed E-state index contributed by atoms with van der Waals surface area (Å²) in [7, 11) is 1.93. The Kier molecular flexibility index (Phi) is 3.12. The molecule has 1 aromatic heterocycles. The predicted molar refractivity (Wildman–Crippen MR) is 53.2 cm³/mol. The molecule has 0 radical (unpaired) electrons. The second-order valence-corrected chi connectivity index (χ2v) is 3.80. The topological polar surface area (TPSA) is 51.2 Å². The molecule has 0 aliphatic heterocycles. The molecular formula is C10H18N2O. The normalized spacial score (nSPS) is 16.2. The van der Waals surface area contributed by atoms with Crippen LogP contribution in [0.3, 0.4) is 0 Å². The van der Waals surface area contributed by atoms with Crippen LogP contribution in [-0.4, -0.2) is 15.8 Å². The SMILES string of the molecule is CC(C)[C@@H](O)[C@@H](N)c1cccn1C. The highest BCUT2D eigenvalue weighted by Gasteiger charge is 2.21. The van der Waals surface area contributed by atoms with Gasteiger partial charge in [0.15, 0.2) is 0 Å². The molecule has 1 rings (SSSR count). The Bertz CT molecular complexity index is 268. The highest BCUT2D eigenvalue weighted by molar-refractivity contribution is 5.12. The van der Waals surface area contributed by atoms with Crippen LogP contribution in [0.1, 0.15) is 25.6 Å². The molecule has 2 atom stereocenters. The van der Waals surface area contributed by atoms with Crippen molar-refractivity contribution in [1.29, 1.82) is 0 Å². The zero-order valence-electron chi connectivity index (χ0n) is 8.44. The number of aliphatic hydroxyl groups excluding tert-OH is 1. The fraction of sp³-hybridized carbons (Fsp3) is 0.600. The van der Waals surface area contributed by atoms with E-state index in [2.05, 4.69) is 0 Å². The van der Waals surface area contributed by atoms with Crippen molar-refractivity contribution in [2.75, 3.05) is 0 Å². The third-order valence-electron chi connectivity index (χ3n) is 2.38. The van der Waals surface area contributed by atoms with Crippen LogP contribution >= 0.6 is 0 Å². The fourth-order valence-corrected chi connectivity index (χ4v) is 1.41. The maximum Gasteiger partial charge on any atom is 0.0770 e. The summed E-state index contributed by atoms with van der Waals surface area (Å²) in [6.45, 7) is 3.93. The number of aliphatic hydroxyl groups is 1. The number of rotatable bonds is 3. The molecule has 1 heterocycles. The highest BCUT2D eigenvalue weighted by atomic mass is 16.3. The van der Waals surface area contributed by atoms with Gasteiger partial charge in [-0.05, 0) is 18.1 Å². The number of nitrogens with two attached hydrogens (primary N) is 1. The van der Waals surface area contributed by atoms with E-state index in [1.54, 1.807) is 0 Å². The average molecular weight is 182 g/mol. The number of aryl methyl sites for hydroxylation is 1. The second kappa shape index (κ2) is 3.94. The van der Waals surface area contributed by atoms with Crippen LogP contribution in [-0.2, 0) is 7.05 Å². The Labute approximate surface area is 79.2 Å². The minimum absolute atomic E-state index is 0.185. The molecule has 0 aliphatic carbocycles. The largest absolute Gasteiger partial charge is 0.391 e. The first kappa shape index (κ1) is 10.3. The Morgan fingerprint density at radius 1 is 1.46 bits per heavy atom. The second-order valence-electron chi connectivity index (χ2n) is 3.80. The highest BCUT2D eigenvalue weighted by Crippen LogP contribution is 2.19. The van der Waals surface area contributed by atoms with Gasteiger partial charge < -0.3 is 15.4 Å². The van der Waals surface area contributed by atoms with Gasteiger partial charge in [-0.1, -0.05) is 13.8 Å². The molecular weight excluding hydrogens is 164 g/mol. The van der Waals surface area contributed by atoms with Gasteiger partial charge in [0, 0.05) is 18.9 Å². The van der Waals surface area contributed by atoms with E-state index in [1.165, 1.54) is 0 Å². The van der Waals surface area contributed by atoms with Crippen molar-refractivity contribution >= 4 is 0 Å². The Morgan fingerprint density at radius 3 is 2.46 bits per heavy atom. The van der Waals surface area contributed by atoms with E-state index in [1.807, 2.05) is 43.8 Å². The summed E-state index contributed by atoms with van der Waals surface area (Å²) in [6.07, 6.45) is 1.45. The van der Waals surface area contributed by atoms with Crippen LogP contribution in [0, 0.1) is 5.92 Å². The summed E-state index contributed by atoms with van der Waals surface area (Å²) in [5.41, 5.74) is 6.89. The molecule has 13 heavy (non-hydrogen) atoms. The first-order chi connectivity index (χ1) is 6.04. The third kappa shape index (κ3) is 2.11. The lowest BCUT2D eigenvalue weighted by Crippen LogP contribution is -2.31. The number of hydrogen-bond acceptors (Lipinski definition) is 2. The van der Waals surface area contributed by atoms with Gasteiger partial charge in [0.2, 0.25) is 0 Å². The molecule has 1 aromatic rings. The van der Waals surface area contributed by atoms with Crippen LogP contribution in [0.4, 0.5) is 0 Å². The van der Waals surface area contributed by atoms with Crippen molar-refractivity contribution in [1.82, 2.24) is 4.57 Å². The van der Waals surface area contributed by atoms with Gasteiger partial charge in [-0.25, -0.2) is 0 Å². The molecule has 0 spiro atoms. The minimum Gasteiger partial charge on any atom is -0.391 e. The summed E-state index contributed by atoms with van der Waals surface area (Å²) in [4.78, 5) is 0. The molecule has 0 aromatic carbocycles. The molecule has 3 nitrogen and oxygen atoms in total. The smallest absolute Gasteiger partial charge is 0.0770 e. The molecule has 0 unspecified atom stereocenters. The van der Waals surface area contributed by atoms with E-state index >= 15 is 0 Å². The standard InChI is InChI=1S/C10H18N2O/c1-7(2)10(13)9(11)8-5-4-6-12(8)3/h4-7,9-10,13H,11H2,1-3H3/t9-,10+/m0/s1. The first-order valence-electron chi connectivity index (χ1n) is 4.59. The summed E-state index contributed by atoms with van der Waals surface area (Å²) >= 11 is 0. The van der Waals surface area contributed by atoms with Crippen LogP contribution in [0.15, 0.2) is 18.3 Å². The third-order valence-corrected chi connectivity index (χ3v) is 2.38. The Balaban J connectivity index is 2.79. The fourth-order valence-electron chi connectivity index (χ4n) is 1.41. The van der Waals surface area contributed by atoms with E-state index < -0.39 is 6.10 Å². The van der Waals surface area contributed by atoms with Crippen LogP contribution < -0.4 is 5.73 Å². The molecule has 3 N–H and O–H groups in total. The molecule has 0 bridgehead atoms. The monoisotopic (exact) mass is 182 g/mol. The molecule has 0 saturated heterocycles. The number of aromatic nitrogens is 1. The minimum atomic E-state index is -0.478. The molecule has 74 valence electrons. The lowest BCUT2D eigenvalue weighted by Gasteiger charge is -2.22. The molecule has 3 heteroatoms. The van der Waals surface area contributed by atoms with E-state index in [4.69, 9.17) is 5.73 Å². The predicted octanol–water partition coefficient (Wildman–Crippen LogP) is 1.04. The van der Waals surface area contributed by atoms with Gasteiger partial charge in [-0.15, -0.1) is 0 Å². The van der Waals surface area contributed by atoms with Crippen LogP contribution in [0.2, 0.25) is 0 Å². The van der Waals surface area contributed by atoms with Gasteiger partial charge in [0.1, 0.15) is 0 Å². The Hall–Kier alpha value is -0.800. The zero-order chi connectivity index (χ0) is 10.0. The number of nitrogens with zero attached hydrogens (tertiary/aromatic N) is 1. The summed E-state index contributed by atoms with van der Waals surface area (Å²) < 4.78 is 1.94. The lowest BCUT2D eigenvalue weighted by atomic mass is 9.98. The van der Waals surface area contributed by atoms with Crippen molar-refractivity contribution in [2.24, 2.45) is 18.7 Å². The Morgan fingerprint density at radius 2 is 2.08 bits per heavy atom. The summed E-state index contributed by atoms with van der Waals surface area (Å²) in [5.74, 6) is 0.185. The molecule has 0 amide bonds. The molecule has 0 saturated carbocycles. The maximum absolute atomic E-state index is 9.75. The maximum atomic E-state index is 9.75. The quantitative estimate of drug-likeness (QED) is 0.734. The van der Waals surface area contributed by atoms with E-state index in [-0.39, 0.29) is 12.0 Å². The van der Waals surface area contributed by atoms with Gasteiger partial charge >= 0.3 is 0 Å². The first-order valence-corrected chi connectivity index (χ1v) is 4.59. The molecule has 0 fully saturated rings.